The van der Waals surface area contributed by atoms with Crippen molar-refractivity contribution in [3.63, 3.8) is 0 Å². The van der Waals surface area contributed by atoms with Gasteiger partial charge in [0.15, 0.2) is 0 Å². The minimum Gasteiger partial charge on any atom is -0.241 e. The summed E-state index contributed by atoms with van der Waals surface area (Å²) in [5.41, 5.74) is 1.92. The van der Waals surface area contributed by atoms with Gasteiger partial charge in [0.1, 0.15) is 0 Å². The summed E-state index contributed by atoms with van der Waals surface area (Å²) in [6.07, 6.45) is 3.98. The molecule has 4 heteroatoms. The molecule has 0 spiro atoms. The van der Waals surface area contributed by atoms with E-state index in [0.29, 0.717) is 6.42 Å². The Morgan fingerprint density at radius 1 is 1.33 bits per heavy atom. The number of nitriles is 1. The predicted octanol–water partition coefficient (Wildman–Crippen LogP) is 2.70. The number of hydrogen-bond donors (Lipinski definition) is 0. The van der Waals surface area contributed by atoms with Gasteiger partial charge in [0.2, 0.25) is 0 Å². The van der Waals surface area contributed by atoms with E-state index in [-0.39, 0.29) is 0 Å². The van der Waals surface area contributed by atoms with Crippen molar-refractivity contribution in [1.29, 1.82) is 5.26 Å². The molecule has 0 saturated carbocycles. The van der Waals surface area contributed by atoms with E-state index in [9.17, 15) is 0 Å². The van der Waals surface area contributed by atoms with Crippen LogP contribution in [0, 0.1) is 11.3 Å². The maximum absolute atomic E-state index is 8.54. The third-order valence-corrected chi connectivity index (χ3v) is 2.54. The molecule has 0 bridgehead atoms. The highest BCUT2D eigenvalue weighted by atomic mass is 79.9. The van der Waals surface area contributed by atoms with Crippen molar-refractivity contribution in [2.24, 2.45) is 0 Å². The fraction of sp³-hybridized carbons (Fsp3) is 0.0909. The molecule has 0 aliphatic heterocycles. The van der Waals surface area contributed by atoms with E-state index in [0.717, 1.165) is 15.7 Å². The van der Waals surface area contributed by atoms with Crippen molar-refractivity contribution in [2.45, 2.75) is 6.42 Å². The highest BCUT2D eigenvalue weighted by Gasteiger charge is 1.99. The first-order valence-electron chi connectivity index (χ1n) is 4.46. The van der Waals surface area contributed by atoms with Crippen LogP contribution in [0.5, 0.6) is 0 Å². The molecule has 3 nitrogen and oxygen atoms in total. The van der Waals surface area contributed by atoms with Gasteiger partial charge in [-0.05, 0) is 24.3 Å². The quantitative estimate of drug-likeness (QED) is 0.834. The molecule has 1 heterocycles. The first kappa shape index (κ1) is 9.94. The Morgan fingerprint density at radius 3 is 2.73 bits per heavy atom. The predicted molar refractivity (Wildman–Crippen MR) is 60.6 cm³/mol. The van der Waals surface area contributed by atoms with Crippen molar-refractivity contribution in [1.82, 2.24) is 9.78 Å². The SMILES string of the molecule is N#CCc1cnn(-c2ccc(Br)cc2)c1. The van der Waals surface area contributed by atoms with Gasteiger partial charge in [-0.2, -0.15) is 10.4 Å². The van der Waals surface area contributed by atoms with E-state index < -0.39 is 0 Å². The molecule has 0 amide bonds. The minimum atomic E-state index is 0.399. The maximum atomic E-state index is 8.54. The smallest absolute Gasteiger partial charge is 0.0670 e. The number of benzene rings is 1. The van der Waals surface area contributed by atoms with E-state index in [1.165, 1.54) is 0 Å². The lowest BCUT2D eigenvalue weighted by atomic mass is 10.3. The van der Waals surface area contributed by atoms with Crippen LogP contribution in [-0.4, -0.2) is 9.78 Å². The van der Waals surface area contributed by atoms with Crippen molar-refractivity contribution in [2.75, 3.05) is 0 Å². The van der Waals surface area contributed by atoms with Crippen LogP contribution < -0.4 is 0 Å². The third-order valence-electron chi connectivity index (χ3n) is 2.01. The molecule has 2 aromatic rings. The summed E-state index contributed by atoms with van der Waals surface area (Å²) in [7, 11) is 0. The zero-order valence-electron chi connectivity index (χ0n) is 7.89. The van der Waals surface area contributed by atoms with Gasteiger partial charge in [-0.3, -0.25) is 0 Å². The van der Waals surface area contributed by atoms with Crippen LogP contribution in [0.2, 0.25) is 0 Å². The molecule has 1 aromatic carbocycles. The first-order valence-corrected chi connectivity index (χ1v) is 5.25. The fourth-order valence-corrected chi connectivity index (χ4v) is 1.54. The van der Waals surface area contributed by atoms with E-state index in [4.69, 9.17) is 5.26 Å². The number of aromatic nitrogens is 2. The molecule has 0 atom stereocenters. The van der Waals surface area contributed by atoms with Crippen LogP contribution in [0.3, 0.4) is 0 Å². The Bertz CT molecular complexity index is 493. The third kappa shape index (κ3) is 2.25. The van der Waals surface area contributed by atoms with Crippen LogP contribution in [0.15, 0.2) is 41.1 Å². The Kier molecular flexibility index (Phi) is 2.84. The van der Waals surface area contributed by atoms with E-state index in [1.54, 1.807) is 10.9 Å². The number of hydrogen-bond acceptors (Lipinski definition) is 2. The lowest BCUT2D eigenvalue weighted by Crippen LogP contribution is -1.92. The average molecular weight is 262 g/mol. The summed E-state index contributed by atoms with van der Waals surface area (Å²) in [4.78, 5) is 0. The molecule has 2 rings (SSSR count). The summed E-state index contributed by atoms with van der Waals surface area (Å²) < 4.78 is 2.80. The second-order valence-corrected chi connectivity index (χ2v) is 4.02. The second kappa shape index (κ2) is 4.28. The number of halogens is 1. The van der Waals surface area contributed by atoms with Crippen molar-refractivity contribution < 1.29 is 0 Å². The van der Waals surface area contributed by atoms with Crippen molar-refractivity contribution >= 4 is 15.9 Å². The summed E-state index contributed by atoms with van der Waals surface area (Å²) >= 11 is 3.38. The van der Waals surface area contributed by atoms with Crippen LogP contribution in [0.25, 0.3) is 5.69 Å². The van der Waals surface area contributed by atoms with Crippen LogP contribution in [0.1, 0.15) is 5.56 Å². The van der Waals surface area contributed by atoms with Crippen molar-refractivity contribution in [3.8, 4) is 11.8 Å². The molecule has 15 heavy (non-hydrogen) atoms. The summed E-state index contributed by atoms with van der Waals surface area (Å²) in [5, 5.41) is 12.7. The van der Waals surface area contributed by atoms with Gasteiger partial charge < -0.3 is 0 Å². The largest absolute Gasteiger partial charge is 0.241 e. The van der Waals surface area contributed by atoms with Gasteiger partial charge in [0, 0.05) is 16.2 Å². The van der Waals surface area contributed by atoms with Gasteiger partial charge in [0.25, 0.3) is 0 Å². The zero-order chi connectivity index (χ0) is 10.7. The maximum Gasteiger partial charge on any atom is 0.0670 e. The highest BCUT2D eigenvalue weighted by Crippen LogP contribution is 2.13. The molecule has 0 radical (unpaired) electrons. The lowest BCUT2D eigenvalue weighted by molar-refractivity contribution is 0.880. The molecule has 74 valence electrons. The molecular formula is C11H8BrN3. The van der Waals surface area contributed by atoms with Gasteiger partial charge in [-0.25, -0.2) is 4.68 Å². The van der Waals surface area contributed by atoms with Crippen molar-refractivity contribution in [3.05, 3.63) is 46.7 Å². The normalized spacial score (nSPS) is 9.87. The summed E-state index contributed by atoms with van der Waals surface area (Å²) in [6.45, 7) is 0. The molecule has 0 aliphatic rings. The number of nitrogens with zero attached hydrogens (tertiary/aromatic N) is 3. The molecule has 1 aromatic heterocycles. The van der Waals surface area contributed by atoms with E-state index >= 15 is 0 Å². The van der Waals surface area contributed by atoms with Crippen LogP contribution in [-0.2, 0) is 6.42 Å². The minimum absolute atomic E-state index is 0.399. The first-order chi connectivity index (χ1) is 7.29. The second-order valence-electron chi connectivity index (χ2n) is 3.10. The van der Waals surface area contributed by atoms with Gasteiger partial charge in [-0.1, -0.05) is 15.9 Å². The standard InChI is InChI=1S/C11H8BrN3/c12-10-1-3-11(4-2-10)15-8-9(5-6-13)7-14-15/h1-4,7-8H,5H2. The van der Waals surface area contributed by atoms with Gasteiger partial charge in [0.05, 0.1) is 24.4 Å². The topological polar surface area (TPSA) is 41.6 Å². The highest BCUT2D eigenvalue weighted by molar-refractivity contribution is 9.10. The Hall–Kier alpha value is -1.60. The number of rotatable bonds is 2. The molecule has 0 unspecified atom stereocenters. The lowest BCUT2D eigenvalue weighted by Gasteiger charge is -1.99. The van der Waals surface area contributed by atoms with Crippen LogP contribution >= 0.6 is 15.9 Å². The molecule has 0 N–H and O–H groups in total. The Balaban J connectivity index is 2.30. The molecular weight excluding hydrogens is 254 g/mol. The van der Waals surface area contributed by atoms with Crippen LogP contribution in [0.4, 0.5) is 0 Å². The molecule has 0 fully saturated rings. The zero-order valence-corrected chi connectivity index (χ0v) is 9.48. The van der Waals surface area contributed by atoms with Gasteiger partial charge in [-0.15, -0.1) is 0 Å². The Labute approximate surface area is 96.1 Å². The summed E-state index contributed by atoms with van der Waals surface area (Å²) in [6, 6.07) is 9.95. The monoisotopic (exact) mass is 261 g/mol. The Morgan fingerprint density at radius 2 is 2.07 bits per heavy atom. The average Bonchev–Trinajstić information content (AvgIpc) is 2.68. The van der Waals surface area contributed by atoms with E-state index in [1.807, 2.05) is 30.5 Å². The van der Waals surface area contributed by atoms with E-state index in [2.05, 4.69) is 27.1 Å². The molecule has 0 saturated heterocycles. The molecule has 0 aliphatic carbocycles. The summed E-state index contributed by atoms with van der Waals surface area (Å²) in [5.74, 6) is 0. The van der Waals surface area contributed by atoms with Gasteiger partial charge >= 0.3 is 0 Å². The fourth-order valence-electron chi connectivity index (χ4n) is 1.28.